The molecule has 0 spiro atoms. The Hall–Kier alpha value is -1.19. The molecule has 0 bridgehead atoms. The third-order valence-corrected chi connectivity index (χ3v) is 2.77. The zero-order valence-electron chi connectivity index (χ0n) is 10.9. The molecule has 0 fully saturated rings. The summed E-state index contributed by atoms with van der Waals surface area (Å²) in [6.45, 7) is 4.36. The fourth-order valence-corrected chi connectivity index (χ4v) is 1.54. The first-order valence-electron chi connectivity index (χ1n) is 5.91. The van der Waals surface area contributed by atoms with Crippen LogP contribution >= 0.6 is 0 Å². The summed E-state index contributed by atoms with van der Waals surface area (Å²) >= 11 is 0. The average Bonchev–Trinajstić information content (AvgIpc) is 2.34. The molecule has 0 radical (unpaired) electrons. The summed E-state index contributed by atoms with van der Waals surface area (Å²) < 4.78 is 4.99. The molecule has 0 aliphatic heterocycles. The summed E-state index contributed by atoms with van der Waals surface area (Å²) in [5.41, 5.74) is 1.98. The van der Waals surface area contributed by atoms with Crippen LogP contribution in [-0.4, -0.2) is 44.5 Å². The number of ketones is 1. The van der Waals surface area contributed by atoms with Gasteiger partial charge in [-0.1, -0.05) is 29.8 Å². The lowest BCUT2D eigenvalue weighted by molar-refractivity contribution is 0.0960. The number of nitrogens with zero attached hydrogens (tertiary/aromatic N) is 1. The number of ether oxygens (including phenoxy) is 1. The van der Waals surface area contributed by atoms with Gasteiger partial charge in [-0.25, -0.2) is 0 Å². The summed E-state index contributed by atoms with van der Waals surface area (Å²) in [4.78, 5) is 14.0. The molecule has 3 heteroatoms. The van der Waals surface area contributed by atoms with Crippen LogP contribution in [0, 0.1) is 6.92 Å². The molecule has 0 amide bonds. The SMILES string of the molecule is COCCN(C)CCC(=O)c1ccc(C)cc1. The fraction of sp³-hybridized carbons (Fsp3) is 0.500. The van der Waals surface area contributed by atoms with Gasteiger partial charge in [0.1, 0.15) is 0 Å². The van der Waals surface area contributed by atoms with Crippen LogP contribution in [0.1, 0.15) is 22.3 Å². The third-order valence-electron chi connectivity index (χ3n) is 2.77. The Bertz CT molecular complexity index is 346. The second-order valence-corrected chi connectivity index (χ2v) is 4.34. The van der Waals surface area contributed by atoms with Crippen molar-refractivity contribution >= 4 is 5.78 Å². The van der Waals surface area contributed by atoms with E-state index in [0.29, 0.717) is 13.0 Å². The summed E-state index contributed by atoms with van der Waals surface area (Å²) in [5, 5.41) is 0. The van der Waals surface area contributed by atoms with Gasteiger partial charge in [0, 0.05) is 32.2 Å². The largest absolute Gasteiger partial charge is 0.383 e. The molecule has 0 unspecified atom stereocenters. The van der Waals surface area contributed by atoms with Crippen molar-refractivity contribution in [1.29, 1.82) is 0 Å². The molecule has 0 aliphatic rings. The van der Waals surface area contributed by atoms with Crippen LogP contribution in [0.25, 0.3) is 0 Å². The number of benzene rings is 1. The number of aryl methyl sites for hydroxylation is 1. The van der Waals surface area contributed by atoms with E-state index in [0.717, 1.165) is 18.7 Å². The molecule has 0 heterocycles. The van der Waals surface area contributed by atoms with E-state index in [2.05, 4.69) is 4.90 Å². The van der Waals surface area contributed by atoms with Crippen molar-refractivity contribution < 1.29 is 9.53 Å². The van der Waals surface area contributed by atoms with Crippen molar-refractivity contribution in [3.8, 4) is 0 Å². The van der Waals surface area contributed by atoms with Gasteiger partial charge in [-0.3, -0.25) is 4.79 Å². The molecule has 1 rings (SSSR count). The first-order valence-corrected chi connectivity index (χ1v) is 5.91. The van der Waals surface area contributed by atoms with E-state index in [4.69, 9.17) is 4.74 Å². The number of rotatable bonds is 7. The Balaban J connectivity index is 2.36. The van der Waals surface area contributed by atoms with Gasteiger partial charge in [-0.15, -0.1) is 0 Å². The lowest BCUT2D eigenvalue weighted by atomic mass is 10.1. The maximum atomic E-state index is 11.9. The Morgan fingerprint density at radius 1 is 1.24 bits per heavy atom. The second-order valence-electron chi connectivity index (χ2n) is 4.34. The molecule has 17 heavy (non-hydrogen) atoms. The molecule has 1 aromatic carbocycles. The summed E-state index contributed by atoms with van der Waals surface area (Å²) in [6.07, 6.45) is 0.559. The van der Waals surface area contributed by atoms with E-state index in [1.54, 1.807) is 7.11 Å². The normalized spacial score (nSPS) is 10.8. The zero-order chi connectivity index (χ0) is 12.7. The van der Waals surface area contributed by atoms with Gasteiger partial charge in [0.2, 0.25) is 0 Å². The van der Waals surface area contributed by atoms with Crippen molar-refractivity contribution in [3.05, 3.63) is 35.4 Å². The molecule has 94 valence electrons. The van der Waals surface area contributed by atoms with Crippen LogP contribution in [0.3, 0.4) is 0 Å². The third kappa shape index (κ3) is 5.11. The topological polar surface area (TPSA) is 29.5 Å². The highest BCUT2D eigenvalue weighted by Crippen LogP contribution is 2.06. The maximum absolute atomic E-state index is 11.9. The standard InChI is InChI=1S/C14H21NO2/c1-12-4-6-13(7-5-12)14(16)8-9-15(2)10-11-17-3/h4-7H,8-11H2,1-3H3. The quantitative estimate of drug-likeness (QED) is 0.678. The minimum Gasteiger partial charge on any atom is -0.383 e. The van der Waals surface area contributed by atoms with Gasteiger partial charge in [0.25, 0.3) is 0 Å². The van der Waals surface area contributed by atoms with Crippen molar-refractivity contribution in [2.45, 2.75) is 13.3 Å². The van der Waals surface area contributed by atoms with Crippen LogP contribution in [0.4, 0.5) is 0 Å². The predicted octanol–water partition coefficient (Wildman–Crippen LogP) is 2.15. The molecule has 0 saturated heterocycles. The van der Waals surface area contributed by atoms with Gasteiger partial charge in [0.15, 0.2) is 5.78 Å². The lowest BCUT2D eigenvalue weighted by Crippen LogP contribution is -2.25. The molecule has 3 nitrogen and oxygen atoms in total. The number of carbonyl (C=O) groups is 1. The highest BCUT2D eigenvalue weighted by molar-refractivity contribution is 5.96. The van der Waals surface area contributed by atoms with Crippen molar-refractivity contribution in [1.82, 2.24) is 4.90 Å². The van der Waals surface area contributed by atoms with E-state index < -0.39 is 0 Å². The number of Topliss-reactive ketones (excluding diaryl/α,β-unsaturated/α-hetero) is 1. The van der Waals surface area contributed by atoms with Crippen LogP contribution in [0.2, 0.25) is 0 Å². The smallest absolute Gasteiger partial charge is 0.164 e. The zero-order valence-corrected chi connectivity index (χ0v) is 10.9. The summed E-state index contributed by atoms with van der Waals surface area (Å²) in [7, 11) is 3.69. The van der Waals surface area contributed by atoms with Crippen LogP contribution in [0.15, 0.2) is 24.3 Å². The molecular formula is C14H21NO2. The first kappa shape index (κ1) is 13.9. The number of methoxy groups -OCH3 is 1. The van der Waals surface area contributed by atoms with Crippen LogP contribution in [-0.2, 0) is 4.74 Å². The van der Waals surface area contributed by atoms with Gasteiger partial charge in [-0.2, -0.15) is 0 Å². The van der Waals surface area contributed by atoms with Gasteiger partial charge in [0.05, 0.1) is 6.61 Å². The molecule has 0 aliphatic carbocycles. The number of carbonyl (C=O) groups excluding carboxylic acids is 1. The van der Waals surface area contributed by atoms with E-state index in [-0.39, 0.29) is 5.78 Å². The molecular weight excluding hydrogens is 214 g/mol. The minimum absolute atomic E-state index is 0.203. The maximum Gasteiger partial charge on any atom is 0.164 e. The molecule has 0 N–H and O–H groups in total. The Morgan fingerprint density at radius 3 is 2.47 bits per heavy atom. The Morgan fingerprint density at radius 2 is 1.88 bits per heavy atom. The number of hydrogen-bond acceptors (Lipinski definition) is 3. The monoisotopic (exact) mass is 235 g/mol. The average molecular weight is 235 g/mol. The number of likely N-dealkylation sites (N-methyl/N-ethyl adjacent to an activating group) is 1. The van der Waals surface area contributed by atoms with Crippen LogP contribution < -0.4 is 0 Å². The molecule has 0 aromatic heterocycles. The summed E-state index contributed by atoms with van der Waals surface area (Å²) in [6, 6.07) is 7.74. The van der Waals surface area contributed by atoms with Crippen molar-refractivity contribution in [3.63, 3.8) is 0 Å². The second kappa shape index (κ2) is 7.20. The Labute approximate surface area is 103 Å². The molecule has 1 aromatic rings. The van der Waals surface area contributed by atoms with Gasteiger partial charge >= 0.3 is 0 Å². The van der Waals surface area contributed by atoms with E-state index in [9.17, 15) is 4.79 Å². The van der Waals surface area contributed by atoms with E-state index in [1.165, 1.54) is 5.56 Å². The highest BCUT2D eigenvalue weighted by atomic mass is 16.5. The predicted molar refractivity (Wildman–Crippen MR) is 69.5 cm³/mol. The van der Waals surface area contributed by atoms with Crippen molar-refractivity contribution in [2.75, 3.05) is 33.9 Å². The van der Waals surface area contributed by atoms with Gasteiger partial charge in [-0.05, 0) is 14.0 Å². The Kier molecular flexibility index (Phi) is 5.87. The van der Waals surface area contributed by atoms with E-state index >= 15 is 0 Å². The summed E-state index contributed by atoms with van der Waals surface area (Å²) in [5.74, 6) is 0.203. The highest BCUT2D eigenvalue weighted by Gasteiger charge is 2.07. The van der Waals surface area contributed by atoms with Crippen molar-refractivity contribution in [2.24, 2.45) is 0 Å². The lowest BCUT2D eigenvalue weighted by Gasteiger charge is -2.15. The molecule has 0 saturated carbocycles. The van der Waals surface area contributed by atoms with E-state index in [1.807, 2.05) is 38.2 Å². The van der Waals surface area contributed by atoms with Gasteiger partial charge < -0.3 is 9.64 Å². The number of hydrogen-bond donors (Lipinski definition) is 0. The first-order chi connectivity index (χ1) is 8.13. The fourth-order valence-electron chi connectivity index (χ4n) is 1.54. The minimum atomic E-state index is 0.203. The molecule has 0 atom stereocenters. The van der Waals surface area contributed by atoms with Crippen LogP contribution in [0.5, 0.6) is 0 Å².